The maximum absolute atomic E-state index is 12.7. The highest BCUT2D eigenvalue weighted by molar-refractivity contribution is 6.32. The van der Waals surface area contributed by atoms with E-state index in [0.717, 1.165) is 0 Å². The molecule has 1 aliphatic rings. The van der Waals surface area contributed by atoms with Gasteiger partial charge in [-0.2, -0.15) is 13.2 Å². The van der Waals surface area contributed by atoms with Crippen LogP contribution in [0.3, 0.4) is 0 Å². The molecular weight excluding hydrogens is 377 g/mol. The number of pyridine rings is 1. The lowest BCUT2D eigenvalue weighted by Gasteiger charge is -2.20. The number of benzene rings is 1. The summed E-state index contributed by atoms with van der Waals surface area (Å²) in [6, 6.07) is 3.63. The Bertz CT molecular complexity index is 911. The van der Waals surface area contributed by atoms with E-state index in [0.29, 0.717) is 42.5 Å². The van der Waals surface area contributed by atoms with E-state index in [2.05, 4.69) is 5.32 Å². The number of carbonyl (C=O) groups is 1. The lowest BCUT2D eigenvalue weighted by molar-refractivity contribution is -0.137. The molecule has 2 heterocycles. The zero-order valence-electron chi connectivity index (χ0n) is 13.1. The summed E-state index contributed by atoms with van der Waals surface area (Å²) in [5.41, 5.74) is -2.14. The van der Waals surface area contributed by atoms with Crippen LogP contribution in [0.25, 0.3) is 0 Å². The van der Waals surface area contributed by atoms with Crippen LogP contribution in [0.2, 0.25) is 5.02 Å². The summed E-state index contributed by atoms with van der Waals surface area (Å²) in [5, 5.41) is 2.67. The van der Waals surface area contributed by atoms with Gasteiger partial charge < -0.3 is 19.8 Å². The van der Waals surface area contributed by atoms with E-state index in [1.807, 2.05) is 4.98 Å². The molecule has 0 spiro atoms. The zero-order chi connectivity index (χ0) is 18.9. The summed E-state index contributed by atoms with van der Waals surface area (Å²) < 4.78 is 48.9. The Hall–Kier alpha value is -2.68. The van der Waals surface area contributed by atoms with E-state index in [1.165, 1.54) is 6.07 Å². The van der Waals surface area contributed by atoms with Crippen LogP contribution in [-0.2, 0) is 12.7 Å². The number of aromatic nitrogens is 1. The third-order valence-corrected chi connectivity index (χ3v) is 3.87. The number of carbonyl (C=O) groups excluding carboxylic acids is 1. The molecule has 10 heteroatoms. The van der Waals surface area contributed by atoms with Crippen molar-refractivity contribution in [3.63, 3.8) is 0 Å². The van der Waals surface area contributed by atoms with Crippen molar-refractivity contribution in [3.8, 4) is 11.5 Å². The van der Waals surface area contributed by atoms with E-state index in [1.54, 1.807) is 6.07 Å². The smallest absolute Gasteiger partial charge is 0.417 e. The number of rotatable bonds is 3. The van der Waals surface area contributed by atoms with Gasteiger partial charge in [0.15, 0.2) is 11.5 Å². The van der Waals surface area contributed by atoms with Gasteiger partial charge in [-0.1, -0.05) is 11.6 Å². The van der Waals surface area contributed by atoms with Crippen LogP contribution in [0.1, 0.15) is 21.5 Å². The first-order valence-corrected chi connectivity index (χ1v) is 7.79. The van der Waals surface area contributed by atoms with Crippen molar-refractivity contribution in [3.05, 3.63) is 56.5 Å². The fourth-order valence-corrected chi connectivity index (χ4v) is 2.65. The molecule has 0 saturated carbocycles. The second kappa shape index (κ2) is 6.91. The van der Waals surface area contributed by atoms with Gasteiger partial charge in [0.05, 0.1) is 10.6 Å². The van der Waals surface area contributed by atoms with Gasteiger partial charge in [0.25, 0.3) is 11.5 Å². The number of alkyl halides is 3. The van der Waals surface area contributed by atoms with Crippen LogP contribution in [-0.4, -0.2) is 24.1 Å². The minimum Gasteiger partial charge on any atom is -0.486 e. The van der Waals surface area contributed by atoms with Crippen molar-refractivity contribution in [2.45, 2.75) is 12.7 Å². The molecule has 1 amide bonds. The number of fused-ring (bicyclic) bond motifs is 1. The van der Waals surface area contributed by atoms with Crippen molar-refractivity contribution in [2.24, 2.45) is 0 Å². The maximum Gasteiger partial charge on any atom is 0.417 e. The highest BCUT2D eigenvalue weighted by Crippen LogP contribution is 2.38. The molecule has 0 fully saturated rings. The average Bonchev–Trinajstić information content (AvgIpc) is 2.59. The second-order valence-electron chi connectivity index (χ2n) is 5.41. The van der Waals surface area contributed by atoms with Gasteiger partial charge in [-0.15, -0.1) is 0 Å². The third-order valence-electron chi connectivity index (χ3n) is 3.58. The summed E-state index contributed by atoms with van der Waals surface area (Å²) >= 11 is 6.08. The Morgan fingerprint density at radius 3 is 2.69 bits per heavy atom. The van der Waals surface area contributed by atoms with Crippen LogP contribution in [0, 0.1) is 0 Å². The Balaban J connectivity index is 1.77. The summed E-state index contributed by atoms with van der Waals surface area (Å²) in [4.78, 5) is 25.7. The Kier molecular flexibility index (Phi) is 4.82. The Labute approximate surface area is 149 Å². The lowest BCUT2D eigenvalue weighted by atomic mass is 10.1. The molecule has 138 valence electrons. The molecule has 26 heavy (non-hydrogen) atoms. The quantitative estimate of drug-likeness (QED) is 0.847. The van der Waals surface area contributed by atoms with E-state index < -0.39 is 28.8 Å². The Morgan fingerprint density at radius 1 is 1.23 bits per heavy atom. The van der Waals surface area contributed by atoms with Gasteiger partial charge in [-0.3, -0.25) is 9.59 Å². The first-order valence-electron chi connectivity index (χ1n) is 7.42. The molecule has 3 rings (SSSR count). The van der Waals surface area contributed by atoms with E-state index in [-0.39, 0.29) is 11.6 Å². The molecule has 0 aliphatic carbocycles. The van der Waals surface area contributed by atoms with Gasteiger partial charge in [0.1, 0.15) is 18.8 Å². The van der Waals surface area contributed by atoms with Gasteiger partial charge in [0.2, 0.25) is 0 Å². The van der Waals surface area contributed by atoms with Crippen LogP contribution in [0.5, 0.6) is 11.5 Å². The SMILES string of the molecule is O=C(NCc1cc(Cl)c2c(c1)OCCO2)c1cc(C(F)(F)F)c[nH]c1=O. The van der Waals surface area contributed by atoms with Crippen molar-refractivity contribution in [2.75, 3.05) is 13.2 Å². The Morgan fingerprint density at radius 2 is 1.96 bits per heavy atom. The van der Waals surface area contributed by atoms with Crippen molar-refractivity contribution in [1.29, 1.82) is 0 Å². The molecule has 0 atom stereocenters. The monoisotopic (exact) mass is 388 g/mol. The molecule has 1 aliphatic heterocycles. The van der Waals surface area contributed by atoms with E-state index in [9.17, 15) is 22.8 Å². The topological polar surface area (TPSA) is 80.4 Å². The van der Waals surface area contributed by atoms with E-state index in [4.69, 9.17) is 21.1 Å². The minimum absolute atomic E-state index is 0.0646. The predicted molar refractivity (Wildman–Crippen MR) is 85.7 cm³/mol. The number of hydrogen-bond donors (Lipinski definition) is 2. The van der Waals surface area contributed by atoms with Crippen LogP contribution in [0.4, 0.5) is 13.2 Å². The van der Waals surface area contributed by atoms with Crippen LogP contribution >= 0.6 is 11.6 Å². The van der Waals surface area contributed by atoms with Crippen LogP contribution in [0.15, 0.2) is 29.2 Å². The third kappa shape index (κ3) is 3.77. The molecule has 1 aromatic carbocycles. The number of halogens is 4. The van der Waals surface area contributed by atoms with Gasteiger partial charge in [-0.25, -0.2) is 0 Å². The summed E-state index contributed by atoms with van der Waals surface area (Å²) in [6.07, 6.45) is -4.16. The number of hydrogen-bond acceptors (Lipinski definition) is 4. The van der Waals surface area contributed by atoms with E-state index >= 15 is 0 Å². The largest absolute Gasteiger partial charge is 0.486 e. The average molecular weight is 389 g/mol. The highest BCUT2D eigenvalue weighted by Gasteiger charge is 2.32. The molecule has 0 saturated heterocycles. The number of H-pyrrole nitrogens is 1. The molecule has 2 N–H and O–H groups in total. The lowest BCUT2D eigenvalue weighted by Crippen LogP contribution is -2.30. The summed E-state index contributed by atoms with van der Waals surface area (Å²) in [5.74, 6) is -0.143. The fraction of sp³-hybridized carbons (Fsp3) is 0.250. The second-order valence-corrected chi connectivity index (χ2v) is 5.82. The molecule has 0 bridgehead atoms. The van der Waals surface area contributed by atoms with Crippen LogP contribution < -0.4 is 20.3 Å². The number of ether oxygens (including phenoxy) is 2. The normalized spacial score (nSPS) is 13.4. The predicted octanol–water partition coefficient (Wildman–Crippen LogP) is 2.75. The first kappa shape index (κ1) is 18.1. The number of nitrogens with one attached hydrogen (secondary N) is 2. The van der Waals surface area contributed by atoms with Gasteiger partial charge in [0, 0.05) is 12.7 Å². The maximum atomic E-state index is 12.7. The van der Waals surface area contributed by atoms with Crippen molar-refractivity contribution < 1.29 is 27.4 Å². The van der Waals surface area contributed by atoms with Crippen molar-refractivity contribution in [1.82, 2.24) is 10.3 Å². The highest BCUT2D eigenvalue weighted by atomic mass is 35.5. The number of amides is 1. The molecule has 6 nitrogen and oxygen atoms in total. The number of aromatic amines is 1. The molecular formula is C16H12ClF3N2O4. The summed E-state index contributed by atoms with van der Waals surface area (Å²) in [7, 11) is 0. The molecule has 0 unspecified atom stereocenters. The molecule has 2 aromatic rings. The van der Waals surface area contributed by atoms with Crippen molar-refractivity contribution >= 4 is 17.5 Å². The molecule has 1 aromatic heterocycles. The first-order chi connectivity index (χ1) is 12.3. The minimum atomic E-state index is -4.68. The van der Waals surface area contributed by atoms with Gasteiger partial charge >= 0.3 is 6.18 Å². The standard InChI is InChI=1S/C16H12ClF3N2O4/c17-11-3-8(4-12-13(11)26-2-1-25-12)6-21-14(23)10-5-9(16(18,19)20)7-22-15(10)24/h3-5,7H,1-2,6H2,(H,21,23)(H,22,24). The van der Waals surface area contributed by atoms with Gasteiger partial charge in [-0.05, 0) is 23.8 Å². The summed E-state index contributed by atoms with van der Waals surface area (Å²) in [6.45, 7) is 0.644. The zero-order valence-corrected chi connectivity index (χ0v) is 13.8. The fourth-order valence-electron chi connectivity index (χ4n) is 2.36. The molecule has 0 radical (unpaired) electrons.